The standard InChI is InChI=1S/C20H19N3O2/c1-22(11-12-23-13-21-17-7-2-3-8-18(17)23)20(25)16-6-4-5-15-14(16)9-10-19(15)24/h2-8,13H,9-12H2,1H3. The lowest BCUT2D eigenvalue weighted by atomic mass is 10.0. The van der Waals surface area contributed by atoms with Crippen LogP contribution in [0.2, 0.25) is 0 Å². The van der Waals surface area contributed by atoms with Crippen LogP contribution in [0.15, 0.2) is 48.8 Å². The Kier molecular flexibility index (Phi) is 3.84. The van der Waals surface area contributed by atoms with Crippen LogP contribution in [0.1, 0.15) is 32.7 Å². The molecular weight excluding hydrogens is 314 g/mol. The largest absolute Gasteiger partial charge is 0.340 e. The summed E-state index contributed by atoms with van der Waals surface area (Å²) in [6, 6.07) is 13.4. The average molecular weight is 333 g/mol. The molecular formula is C20H19N3O2. The van der Waals surface area contributed by atoms with Gasteiger partial charge in [0.2, 0.25) is 0 Å². The maximum Gasteiger partial charge on any atom is 0.253 e. The molecule has 0 spiro atoms. The summed E-state index contributed by atoms with van der Waals surface area (Å²) in [5.74, 6) is 0.105. The minimum absolute atomic E-state index is 0.0315. The van der Waals surface area contributed by atoms with Crippen LogP contribution in [0.3, 0.4) is 0 Å². The molecule has 3 aromatic rings. The van der Waals surface area contributed by atoms with Crippen LogP contribution in [0.4, 0.5) is 0 Å². The summed E-state index contributed by atoms with van der Waals surface area (Å²) in [6.07, 6.45) is 2.97. The first-order valence-corrected chi connectivity index (χ1v) is 8.45. The minimum atomic E-state index is -0.0315. The summed E-state index contributed by atoms with van der Waals surface area (Å²) >= 11 is 0. The molecule has 1 amide bonds. The number of amides is 1. The molecule has 0 atom stereocenters. The van der Waals surface area contributed by atoms with Crippen LogP contribution in [0, 0.1) is 0 Å². The molecule has 1 heterocycles. The number of carbonyl (C=O) groups is 2. The van der Waals surface area contributed by atoms with Crippen LogP contribution in [0.5, 0.6) is 0 Å². The van der Waals surface area contributed by atoms with Crippen molar-refractivity contribution in [3.05, 3.63) is 65.5 Å². The van der Waals surface area contributed by atoms with Gasteiger partial charge >= 0.3 is 0 Å². The van der Waals surface area contributed by atoms with E-state index in [4.69, 9.17) is 0 Å². The number of para-hydroxylation sites is 2. The number of aromatic nitrogens is 2. The Labute approximate surface area is 145 Å². The first-order valence-electron chi connectivity index (χ1n) is 8.45. The fraction of sp³-hybridized carbons (Fsp3) is 0.250. The van der Waals surface area contributed by atoms with Gasteiger partial charge in [-0.15, -0.1) is 0 Å². The van der Waals surface area contributed by atoms with Crippen molar-refractivity contribution in [3.63, 3.8) is 0 Å². The lowest BCUT2D eigenvalue weighted by molar-refractivity contribution is 0.0789. The Morgan fingerprint density at radius 1 is 1.16 bits per heavy atom. The third-order valence-electron chi connectivity index (χ3n) is 4.86. The molecule has 4 rings (SSSR count). The van der Waals surface area contributed by atoms with E-state index in [0.717, 1.165) is 16.6 Å². The smallest absolute Gasteiger partial charge is 0.253 e. The molecule has 0 fully saturated rings. The van der Waals surface area contributed by atoms with Gasteiger partial charge in [-0.05, 0) is 30.2 Å². The highest BCUT2D eigenvalue weighted by atomic mass is 16.2. The predicted molar refractivity (Wildman–Crippen MR) is 95.8 cm³/mol. The maximum atomic E-state index is 12.8. The van der Waals surface area contributed by atoms with E-state index in [1.54, 1.807) is 18.0 Å². The van der Waals surface area contributed by atoms with Crippen molar-refractivity contribution in [3.8, 4) is 0 Å². The lowest BCUT2D eigenvalue weighted by Crippen LogP contribution is -2.30. The minimum Gasteiger partial charge on any atom is -0.340 e. The topological polar surface area (TPSA) is 55.2 Å². The fourth-order valence-corrected chi connectivity index (χ4v) is 3.44. The van der Waals surface area contributed by atoms with Gasteiger partial charge in [0.05, 0.1) is 17.4 Å². The Hall–Kier alpha value is -2.95. The van der Waals surface area contributed by atoms with E-state index in [-0.39, 0.29) is 11.7 Å². The van der Waals surface area contributed by atoms with E-state index in [2.05, 4.69) is 9.55 Å². The number of fused-ring (bicyclic) bond motifs is 2. The molecule has 0 aliphatic heterocycles. The molecule has 0 unspecified atom stereocenters. The number of benzene rings is 2. The molecule has 0 N–H and O–H groups in total. The molecule has 0 bridgehead atoms. The van der Waals surface area contributed by atoms with E-state index in [0.29, 0.717) is 37.1 Å². The zero-order chi connectivity index (χ0) is 17.4. The van der Waals surface area contributed by atoms with Crippen molar-refractivity contribution >= 4 is 22.7 Å². The van der Waals surface area contributed by atoms with Gasteiger partial charge in [0.15, 0.2) is 5.78 Å². The zero-order valence-corrected chi connectivity index (χ0v) is 14.1. The van der Waals surface area contributed by atoms with E-state index in [9.17, 15) is 9.59 Å². The summed E-state index contributed by atoms with van der Waals surface area (Å²) in [4.78, 5) is 30.8. The Morgan fingerprint density at radius 3 is 2.88 bits per heavy atom. The Morgan fingerprint density at radius 2 is 2.00 bits per heavy atom. The summed E-state index contributed by atoms with van der Waals surface area (Å²) in [5, 5.41) is 0. The van der Waals surface area contributed by atoms with Crippen LogP contribution in [0.25, 0.3) is 11.0 Å². The number of Topliss-reactive ketones (excluding diaryl/α,β-unsaturated/α-hetero) is 1. The second-order valence-corrected chi connectivity index (χ2v) is 6.41. The molecule has 25 heavy (non-hydrogen) atoms. The number of nitrogens with zero attached hydrogens (tertiary/aromatic N) is 3. The number of ketones is 1. The molecule has 5 nitrogen and oxygen atoms in total. The highest BCUT2D eigenvalue weighted by Crippen LogP contribution is 2.26. The predicted octanol–water partition coefficient (Wildman–Crippen LogP) is 2.94. The zero-order valence-electron chi connectivity index (χ0n) is 14.1. The van der Waals surface area contributed by atoms with Crippen molar-refractivity contribution in [2.24, 2.45) is 0 Å². The Bertz CT molecular complexity index is 974. The second-order valence-electron chi connectivity index (χ2n) is 6.41. The molecule has 0 radical (unpaired) electrons. The molecule has 1 aromatic heterocycles. The first kappa shape index (κ1) is 15.6. The van der Waals surface area contributed by atoms with Crippen molar-refractivity contribution in [2.75, 3.05) is 13.6 Å². The van der Waals surface area contributed by atoms with Gasteiger partial charge < -0.3 is 9.47 Å². The van der Waals surface area contributed by atoms with Gasteiger partial charge in [-0.2, -0.15) is 0 Å². The molecule has 126 valence electrons. The summed E-state index contributed by atoms with van der Waals surface area (Å²) in [7, 11) is 1.80. The highest BCUT2D eigenvalue weighted by molar-refractivity contribution is 6.05. The third kappa shape index (κ3) is 2.71. The van der Waals surface area contributed by atoms with Crippen molar-refractivity contribution in [1.29, 1.82) is 0 Å². The van der Waals surface area contributed by atoms with E-state index < -0.39 is 0 Å². The van der Waals surface area contributed by atoms with Crippen LogP contribution < -0.4 is 0 Å². The molecule has 0 saturated carbocycles. The van der Waals surface area contributed by atoms with Crippen LogP contribution in [-0.4, -0.2) is 39.7 Å². The quantitative estimate of drug-likeness (QED) is 0.738. The normalized spacial score (nSPS) is 13.2. The molecule has 0 saturated heterocycles. The summed E-state index contributed by atoms with van der Waals surface area (Å²) < 4.78 is 2.05. The van der Waals surface area contributed by atoms with Gasteiger partial charge in [0.25, 0.3) is 5.91 Å². The molecule has 2 aromatic carbocycles. The van der Waals surface area contributed by atoms with Crippen molar-refractivity contribution in [1.82, 2.24) is 14.5 Å². The number of hydrogen-bond acceptors (Lipinski definition) is 3. The first-order chi connectivity index (χ1) is 12.1. The van der Waals surface area contributed by atoms with Crippen molar-refractivity contribution < 1.29 is 9.59 Å². The van der Waals surface area contributed by atoms with Gasteiger partial charge in [0.1, 0.15) is 0 Å². The maximum absolute atomic E-state index is 12.8. The Balaban J connectivity index is 1.51. The number of likely N-dealkylation sites (N-methyl/N-ethyl adjacent to an activating group) is 1. The number of carbonyl (C=O) groups excluding carboxylic acids is 2. The lowest BCUT2D eigenvalue weighted by Gasteiger charge is -2.19. The van der Waals surface area contributed by atoms with Gasteiger partial charge in [-0.1, -0.05) is 24.3 Å². The second kappa shape index (κ2) is 6.16. The molecule has 5 heteroatoms. The van der Waals surface area contributed by atoms with E-state index in [1.165, 1.54) is 0 Å². The molecule has 1 aliphatic carbocycles. The third-order valence-corrected chi connectivity index (χ3v) is 4.86. The number of imidazole rings is 1. The van der Waals surface area contributed by atoms with Gasteiger partial charge in [-0.25, -0.2) is 4.98 Å². The summed E-state index contributed by atoms with van der Waals surface area (Å²) in [5.41, 5.74) is 4.28. The van der Waals surface area contributed by atoms with E-state index >= 15 is 0 Å². The SMILES string of the molecule is CN(CCn1cnc2ccccc21)C(=O)c1cccc2c1CCC2=O. The monoisotopic (exact) mass is 333 g/mol. The molecule has 1 aliphatic rings. The van der Waals surface area contributed by atoms with Crippen molar-refractivity contribution in [2.45, 2.75) is 19.4 Å². The number of hydrogen-bond donors (Lipinski definition) is 0. The van der Waals surface area contributed by atoms with Gasteiger partial charge in [-0.3, -0.25) is 9.59 Å². The average Bonchev–Trinajstić information content (AvgIpc) is 3.23. The highest BCUT2D eigenvalue weighted by Gasteiger charge is 2.25. The number of rotatable bonds is 4. The van der Waals surface area contributed by atoms with Crippen LogP contribution >= 0.6 is 0 Å². The van der Waals surface area contributed by atoms with E-state index in [1.807, 2.05) is 42.7 Å². The van der Waals surface area contributed by atoms with Crippen LogP contribution in [-0.2, 0) is 13.0 Å². The van der Waals surface area contributed by atoms with Gasteiger partial charge in [0, 0.05) is 37.7 Å². The summed E-state index contributed by atoms with van der Waals surface area (Å²) in [6.45, 7) is 1.26. The fourth-order valence-electron chi connectivity index (χ4n) is 3.44.